The van der Waals surface area contributed by atoms with Crippen LogP contribution in [0, 0.1) is 0 Å². The van der Waals surface area contributed by atoms with Gasteiger partial charge in [0.1, 0.15) is 0 Å². The maximum absolute atomic E-state index is 11.2. The van der Waals surface area contributed by atoms with E-state index in [4.69, 9.17) is 23.2 Å². The lowest BCUT2D eigenvalue weighted by Gasteiger charge is -2.34. The highest BCUT2D eigenvalue weighted by Crippen LogP contribution is 2.46. The molecule has 0 aromatic heterocycles. The summed E-state index contributed by atoms with van der Waals surface area (Å²) < 4.78 is 27.4. The van der Waals surface area contributed by atoms with Crippen LogP contribution in [0.3, 0.4) is 0 Å². The summed E-state index contributed by atoms with van der Waals surface area (Å²) in [6, 6.07) is 0.449. The molecule has 8 heteroatoms. The fraction of sp³-hybridized carbons (Fsp3) is 1.00. The summed E-state index contributed by atoms with van der Waals surface area (Å²) in [5.41, 5.74) is -0.852. The zero-order valence-corrected chi connectivity index (χ0v) is 14.3. The van der Waals surface area contributed by atoms with Gasteiger partial charge in [0.2, 0.25) is 0 Å². The Bertz CT molecular complexity index is 278. The molecule has 0 rings (SSSR count). The summed E-state index contributed by atoms with van der Waals surface area (Å²) in [5, 5.41) is 0. The lowest BCUT2D eigenvalue weighted by atomic mass is 9.97. The fourth-order valence-corrected chi connectivity index (χ4v) is 5.32. The number of phosphoric acid groups is 1. The number of rotatable bonds is 11. The summed E-state index contributed by atoms with van der Waals surface area (Å²) in [5.74, 6) is 0. The minimum absolute atomic E-state index is 0.449. The third-order valence-electron chi connectivity index (χ3n) is 2.91. The van der Waals surface area contributed by atoms with Crippen molar-refractivity contribution in [3.8, 4) is 0 Å². The van der Waals surface area contributed by atoms with Gasteiger partial charge in [-0.1, -0.05) is 20.3 Å². The average molecular weight is 314 g/mol. The van der Waals surface area contributed by atoms with Crippen LogP contribution in [-0.2, 0) is 17.9 Å². The van der Waals surface area contributed by atoms with E-state index < -0.39 is 22.7 Å². The molecule has 0 aromatic carbocycles. The number of phosphoric ester groups is 1. The Labute approximate surface area is 117 Å². The molecule has 0 aromatic rings. The van der Waals surface area contributed by atoms with Crippen molar-refractivity contribution in [2.75, 3.05) is 13.2 Å². The third kappa shape index (κ3) is 8.19. The normalized spacial score (nSPS) is 15.7. The molecule has 116 valence electrons. The Kier molecular flexibility index (Phi) is 9.35. The van der Waals surface area contributed by atoms with E-state index in [1.165, 1.54) is 0 Å². The van der Waals surface area contributed by atoms with Gasteiger partial charge in [-0.25, -0.2) is 4.57 Å². The molecule has 2 N–H and O–H groups in total. The molecule has 1 unspecified atom stereocenters. The molecule has 0 bridgehead atoms. The first-order valence-electron chi connectivity index (χ1n) is 6.82. The van der Waals surface area contributed by atoms with Crippen LogP contribution in [0.15, 0.2) is 0 Å². The minimum Gasteiger partial charge on any atom is -0.397 e. The van der Waals surface area contributed by atoms with Gasteiger partial charge in [0.05, 0.1) is 5.60 Å². The first-order valence-corrected chi connectivity index (χ1v) is 10.1. The van der Waals surface area contributed by atoms with E-state index in [1.54, 1.807) is 0 Å². The molecular weight excluding hydrogens is 287 g/mol. The van der Waals surface area contributed by atoms with E-state index in [0.717, 1.165) is 6.42 Å². The second-order valence-electron chi connectivity index (χ2n) is 4.41. The van der Waals surface area contributed by atoms with Gasteiger partial charge in [0.25, 0.3) is 0 Å². The molecule has 0 heterocycles. The van der Waals surface area contributed by atoms with Gasteiger partial charge in [-0.15, -0.1) is 0 Å². The maximum Gasteiger partial charge on any atom is 0.470 e. The predicted molar refractivity (Wildman–Crippen MR) is 76.3 cm³/mol. The molecule has 0 aliphatic heterocycles. The van der Waals surface area contributed by atoms with E-state index in [0.29, 0.717) is 32.1 Å². The Morgan fingerprint density at radius 3 is 1.95 bits per heavy atom. The number of hydrogen-bond donors (Lipinski definition) is 2. The Morgan fingerprint density at radius 1 is 1.11 bits per heavy atom. The maximum atomic E-state index is 11.2. The van der Waals surface area contributed by atoms with Gasteiger partial charge in [0, 0.05) is 19.3 Å². The van der Waals surface area contributed by atoms with Crippen LogP contribution in [0.25, 0.3) is 0 Å². The monoisotopic (exact) mass is 314 g/mol. The quantitative estimate of drug-likeness (QED) is 0.450. The molecule has 6 nitrogen and oxygen atoms in total. The van der Waals surface area contributed by atoms with Gasteiger partial charge in [0.15, 0.2) is 0 Å². The molecule has 0 amide bonds. The van der Waals surface area contributed by atoms with Gasteiger partial charge in [-0.05, 0) is 26.7 Å². The van der Waals surface area contributed by atoms with Crippen LogP contribution in [0.5, 0.6) is 0 Å². The molecule has 1 atom stereocenters. The highest BCUT2D eigenvalue weighted by atomic mass is 31.2. The second kappa shape index (κ2) is 9.23. The summed E-state index contributed by atoms with van der Waals surface area (Å²) in [6.45, 7) is 8.68. The van der Waals surface area contributed by atoms with Gasteiger partial charge in [-0.2, -0.15) is 0 Å². The first kappa shape index (κ1) is 19.2. The van der Waals surface area contributed by atoms with Crippen LogP contribution in [0.2, 0.25) is 6.04 Å². The van der Waals surface area contributed by atoms with Crippen molar-refractivity contribution in [2.45, 2.75) is 58.6 Å². The third-order valence-corrected chi connectivity index (χ3v) is 6.02. The van der Waals surface area contributed by atoms with E-state index in [2.05, 4.69) is 0 Å². The SMILES string of the molecule is CCCC(CC)(C[SiH](OCC)OCC)OP(=O)(O)O. The lowest BCUT2D eigenvalue weighted by Crippen LogP contribution is -2.39. The van der Waals surface area contributed by atoms with E-state index >= 15 is 0 Å². The minimum atomic E-state index is -4.52. The molecule has 19 heavy (non-hydrogen) atoms. The summed E-state index contributed by atoms with van der Waals surface area (Å²) >= 11 is 0. The predicted octanol–water partition coefficient (Wildman–Crippen LogP) is 2.34. The van der Waals surface area contributed by atoms with Crippen molar-refractivity contribution in [3.63, 3.8) is 0 Å². The summed E-state index contributed by atoms with van der Waals surface area (Å²) in [7, 11) is -6.48. The Hall–Kier alpha value is 0.247. The highest BCUT2D eigenvalue weighted by molar-refractivity contribution is 7.46. The molecule has 0 spiro atoms. The second-order valence-corrected chi connectivity index (χ2v) is 7.51. The Balaban J connectivity index is 4.93. The van der Waals surface area contributed by atoms with E-state index in [1.807, 2.05) is 27.7 Å². The highest BCUT2D eigenvalue weighted by Gasteiger charge is 2.39. The van der Waals surface area contributed by atoms with Crippen molar-refractivity contribution in [1.82, 2.24) is 0 Å². The molecule has 0 saturated heterocycles. The number of hydrogen-bond acceptors (Lipinski definition) is 4. The standard InChI is InChI=1S/C11H27O6PSi/c1-5-9-11(6-2,17-18(12,13)14)10-19(15-7-3)16-8-4/h19H,5-10H2,1-4H3,(H2,12,13,14). The summed E-state index contributed by atoms with van der Waals surface area (Å²) in [4.78, 5) is 18.2. The van der Waals surface area contributed by atoms with E-state index in [9.17, 15) is 4.57 Å². The topological polar surface area (TPSA) is 85.2 Å². The largest absolute Gasteiger partial charge is 0.470 e. The summed E-state index contributed by atoms with van der Waals surface area (Å²) in [6.07, 6.45) is 1.89. The van der Waals surface area contributed by atoms with Crippen molar-refractivity contribution < 1.29 is 27.7 Å². The fourth-order valence-electron chi connectivity index (χ4n) is 2.12. The van der Waals surface area contributed by atoms with Crippen LogP contribution in [0.1, 0.15) is 47.0 Å². The van der Waals surface area contributed by atoms with Gasteiger partial charge >= 0.3 is 17.1 Å². The lowest BCUT2D eigenvalue weighted by molar-refractivity contribution is 0.0296. The van der Waals surface area contributed by atoms with E-state index in [-0.39, 0.29) is 0 Å². The zero-order valence-electron chi connectivity index (χ0n) is 12.3. The van der Waals surface area contributed by atoms with Gasteiger partial charge < -0.3 is 18.6 Å². The van der Waals surface area contributed by atoms with Crippen molar-refractivity contribution in [3.05, 3.63) is 0 Å². The van der Waals surface area contributed by atoms with Crippen molar-refractivity contribution in [2.24, 2.45) is 0 Å². The molecule has 0 saturated carbocycles. The molecule has 0 fully saturated rings. The van der Waals surface area contributed by atoms with Crippen LogP contribution >= 0.6 is 7.82 Å². The van der Waals surface area contributed by atoms with Crippen LogP contribution in [-0.4, -0.2) is 37.9 Å². The molecule has 0 aliphatic carbocycles. The Morgan fingerprint density at radius 2 is 1.63 bits per heavy atom. The molecule has 0 aliphatic rings. The molecule has 0 radical (unpaired) electrons. The van der Waals surface area contributed by atoms with Crippen LogP contribution < -0.4 is 0 Å². The smallest absolute Gasteiger partial charge is 0.397 e. The van der Waals surface area contributed by atoms with Gasteiger partial charge in [-0.3, -0.25) is 4.52 Å². The zero-order chi connectivity index (χ0) is 14.9. The van der Waals surface area contributed by atoms with Crippen LogP contribution in [0.4, 0.5) is 0 Å². The first-order chi connectivity index (χ1) is 8.82. The van der Waals surface area contributed by atoms with Crippen molar-refractivity contribution in [1.29, 1.82) is 0 Å². The average Bonchev–Trinajstić information content (AvgIpc) is 2.27. The molecular formula is C11H27O6PSi. The van der Waals surface area contributed by atoms with Crippen molar-refractivity contribution >= 4 is 17.1 Å².